The van der Waals surface area contributed by atoms with Gasteiger partial charge in [-0.15, -0.1) is 0 Å². The zero-order chi connectivity index (χ0) is 19.9. The van der Waals surface area contributed by atoms with Crippen LogP contribution in [-0.2, 0) is 5.41 Å². The van der Waals surface area contributed by atoms with E-state index in [9.17, 15) is 0 Å². The van der Waals surface area contributed by atoms with Crippen LogP contribution in [0.25, 0.3) is 0 Å². The van der Waals surface area contributed by atoms with Crippen LogP contribution >= 0.6 is 0 Å². The third-order valence-corrected chi connectivity index (χ3v) is 6.87. The largest absolute Gasteiger partial charge is 0.257 e. The quantitative estimate of drug-likeness (QED) is 0.469. The number of hydrogen-bond acceptors (Lipinski definition) is 2. The predicted octanol–water partition coefficient (Wildman–Crippen LogP) is 7.51. The van der Waals surface area contributed by atoms with Crippen LogP contribution in [0.3, 0.4) is 0 Å². The second-order valence-corrected chi connectivity index (χ2v) is 9.02. The summed E-state index contributed by atoms with van der Waals surface area (Å²) in [5.41, 5.74) is 10.5. The third kappa shape index (κ3) is 3.34. The molecule has 4 rings (SSSR count). The van der Waals surface area contributed by atoms with E-state index >= 15 is 0 Å². The molecule has 2 heteroatoms. The summed E-state index contributed by atoms with van der Waals surface area (Å²) in [7, 11) is 0. The average molecular weight is 373 g/mol. The summed E-state index contributed by atoms with van der Waals surface area (Å²) in [5.74, 6) is 0.518. The van der Waals surface area contributed by atoms with E-state index in [1.807, 2.05) is 0 Å². The van der Waals surface area contributed by atoms with Gasteiger partial charge in [0, 0.05) is 22.8 Å². The molecule has 0 aromatic heterocycles. The molecule has 2 heterocycles. The van der Waals surface area contributed by atoms with Crippen LogP contribution < -0.4 is 0 Å². The van der Waals surface area contributed by atoms with Gasteiger partial charge in [-0.1, -0.05) is 50.5 Å². The molecule has 2 aliphatic heterocycles. The smallest absolute Gasteiger partial charge is 0.0673 e. The lowest BCUT2D eigenvalue weighted by Crippen LogP contribution is -2.27. The van der Waals surface area contributed by atoms with Crippen molar-refractivity contribution in [3.63, 3.8) is 0 Å². The molecule has 2 aliphatic rings. The van der Waals surface area contributed by atoms with Crippen molar-refractivity contribution in [3.8, 4) is 0 Å². The van der Waals surface area contributed by atoms with Gasteiger partial charge < -0.3 is 0 Å². The lowest BCUT2D eigenvalue weighted by atomic mass is 9.75. The lowest BCUT2D eigenvalue weighted by molar-refractivity contribution is 0.516. The normalized spacial score (nSPS) is 22.7. The zero-order valence-electron chi connectivity index (χ0n) is 18.0. The maximum atomic E-state index is 4.87. The fourth-order valence-electron chi connectivity index (χ4n) is 4.92. The second kappa shape index (κ2) is 7.31. The number of rotatable bonds is 6. The Morgan fingerprint density at radius 1 is 0.821 bits per heavy atom. The molecule has 0 aliphatic carbocycles. The van der Waals surface area contributed by atoms with E-state index in [1.165, 1.54) is 77.2 Å². The third-order valence-electron chi connectivity index (χ3n) is 6.87. The fourth-order valence-corrected chi connectivity index (χ4v) is 4.92. The highest BCUT2D eigenvalue weighted by atomic mass is 14.8. The van der Waals surface area contributed by atoms with Gasteiger partial charge in [0.15, 0.2) is 0 Å². The number of hydrogen-bond donors (Lipinski definition) is 0. The molecule has 0 fully saturated rings. The molecule has 0 radical (unpaired) electrons. The Bertz CT molecular complexity index is 966. The number of fused-ring (bicyclic) bond motifs is 2. The molecule has 146 valence electrons. The number of aryl methyl sites for hydroxylation is 2. The Morgan fingerprint density at radius 3 is 2.32 bits per heavy atom. The SMILES string of the molecule is CC1=Nc2cc(C)ccc2C1CCCCCC1(C)C(C)=Nc2cc(C)ccc21. The van der Waals surface area contributed by atoms with E-state index in [1.54, 1.807) is 0 Å². The molecule has 0 bridgehead atoms. The summed E-state index contributed by atoms with van der Waals surface area (Å²) in [6.45, 7) is 11.1. The molecule has 0 saturated carbocycles. The fraction of sp³-hybridized carbons (Fsp3) is 0.462. The highest BCUT2D eigenvalue weighted by Crippen LogP contribution is 2.44. The first kappa shape index (κ1) is 19.1. The Hall–Kier alpha value is -2.22. The maximum Gasteiger partial charge on any atom is 0.0673 e. The summed E-state index contributed by atoms with van der Waals surface area (Å²) in [6, 6.07) is 13.5. The van der Waals surface area contributed by atoms with Crippen molar-refractivity contribution in [3.05, 3.63) is 58.7 Å². The Labute approximate surface area is 169 Å². The maximum absolute atomic E-state index is 4.87. The van der Waals surface area contributed by atoms with Crippen LogP contribution in [0.5, 0.6) is 0 Å². The van der Waals surface area contributed by atoms with E-state index in [0.717, 1.165) is 0 Å². The molecule has 0 amide bonds. The van der Waals surface area contributed by atoms with Crippen molar-refractivity contribution < 1.29 is 0 Å². The number of nitrogens with zero attached hydrogens (tertiary/aromatic N) is 2. The van der Waals surface area contributed by atoms with Gasteiger partial charge >= 0.3 is 0 Å². The first-order chi connectivity index (χ1) is 13.4. The van der Waals surface area contributed by atoms with Crippen molar-refractivity contribution in [2.75, 3.05) is 0 Å². The minimum atomic E-state index is 0.109. The van der Waals surface area contributed by atoms with Crippen molar-refractivity contribution in [1.29, 1.82) is 0 Å². The highest BCUT2D eigenvalue weighted by molar-refractivity contribution is 6.00. The first-order valence-corrected chi connectivity index (χ1v) is 10.7. The second-order valence-electron chi connectivity index (χ2n) is 9.02. The Balaban J connectivity index is 1.33. The van der Waals surface area contributed by atoms with Gasteiger partial charge in [0.2, 0.25) is 0 Å². The van der Waals surface area contributed by atoms with Gasteiger partial charge in [0.25, 0.3) is 0 Å². The molecule has 2 aromatic rings. The van der Waals surface area contributed by atoms with E-state index in [-0.39, 0.29) is 5.41 Å². The van der Waals surface area contributed by atoms with Crippen LogP contribution in [-0.4, -0.2) is 11.4 Å². The van der Waals surface area contributed by atoms with Gasteiger partial charge in [0.05, 0.1) is 11.4 Å². The van der Waals surface area contributed by atoms with E-state index in [2.05, 4.69) is 71.0 Å². The standard InChI is InChI=1S/C26H32N2/c1-17-10-12-22-21(19(3)27-24(22)15-17)9-7-6-8-14-26(5)20(4)28-25-16-18(2)11-13-23(25)26/h10-13,15-16,21H,6-9,14H2,1-5H3. The van der Waals surface area contributed by atoms with Crippen molar-refractivity contribution >= 4 is 22.8 Å². The summed E-state index contributed by atoms with van der Waals surface area (Å²) in [4.78, 5) is 9.68. The summed E-state index contributed by atoms with van der Waals surface area (Å²) < 4.78 is 0. The molecule has 0 spiro atoms. The first-order valence-electron chi connectivity index (χ1n) is 10.7. The Kier molecular flexibility index (Phi) is 4.99. The molecule has 2 unspecified atom stereocenters. The summed E-state index contributed by atoms with van der Waals surface area (Å²) >= 11 is 0. The van der Waals surface area contributed by atoms with E-state index in [4.69, 9.17) is 9.98 Å². The monoisotopic (exact) mass is 372 g/mol. The number of aliphatic imine (C=N–C) groups is 2. The zero-order valence-corrected chi connectivity index (χ0v) is 18.0. The van der Waals surface area contributed by atoms with Crippen molar-refractivity contribution in [2.24, 2.45) is 9.98 Å². The van der Waals surface area contributed by atoms with Crippen molar-refractivity contribution in [2.45, 2.75) is 78.1 Å². The number of unbranched alkanes of at least 4 members (excludes halogenated alkanes) is 2. The van der Waals surface area contributed by atoms with Crippen LogP contribution in [0.1, 0.15) is 81.0 Å². The lowest BCUT2D eigenvalue weighted by Gasteiger charge is -2.26. The molecule has 2 aromatic carbocycles. The Morgan fingerprint density at radius 2 is 1.54 bits per heavy atom. The van der Waals surface area contributed by atoms with E-state index in [0.29, 0.717) is 5.92 Å². The average Bonchev–Trinajstić information content (AvgIpc) is 3.07. The van der Waals surface area contributed by atoms with Crippen LogP contribution in [0.15, 0.2) is 46.4 Å². The van der Waals surface area contributed by atoms with Crippen LogP contribution in [0.4, 0.5) is 11.4 Å². The molecule has 2 atom stereocenters. The predicted molar refractivity (Wildman–Crippen MR) is 121 cm³/mol. The molecule has 0 N–H and O–H groups in total. The molecule has 0 saturated heterocycles. The summed E-state index contributed by atoms with van der Waals surface area (Å²) in [5, 5.41) is 0. The highest BCUT2D eigenvalue weighted by Gasteiger charge is 2.36. The topological polar surface area (TPSA) is 24.7 Å². The van der Waals surface area contributed by atoms with Gasteiger partial charge in [-0.25, -0.2) is 0 Å². The minimum Gasteiger partial charge on any atom is -0.257 e. The van der Waals surface area contributed by atoms with Gasteiger partial charge in [-0.2, -0.15) is 0 Å². The molecule has 28 heavy (non-hydrogen) atoms. The van der Waals surface area contributed by atoms with Gasteiger partial charge in [-0.3, -0.25) is 9.98 Å². The van der Waals surface area contributed by atoms with Crippen LogP contribution in [0.2, 0.25) is 0 Å². The van der Waals surface area contributed by atoms with Crippen molar-refractivity contribution in [1.82, 2.24) is 0 Å². The van der Waals surface area contributed by atoms with E-state index < -0.39 is 0 Å². The van der Waals surface area contributed by atoms with Gasteiger partial charge in [-0.05, 0) is 74.9 Å². The molecule has 2 nitrogen and oxygen atoms in total. The minimum absolute atomic E-state index is 0.109. The summed E-state index contributed by atoms with van der Waals surface area (Å²) in [6.07, 6.45) is 6.18. The molecular formula is C26H32N2. The van der Waals surface area contributed by atoms with Gasteiger partial charge in [0.1, 0.15) is 0 Å². The number of benzene rings is 2. The van der Waals surface area contributed by atoms with Crippen LogP contribution in [0, 0.1) is 13.8 Å². The molecular weight excluding hydrogens is 340 g/mol.